The quantitative estimate of drug-likeness (QED) is 0.904. The largest absolute Gasteiger partial charge is 0.384 e. The molecule has 0 atom stereocenters. The van der Waals surface area contributed by atoms with E-state index >= 15 is 0 Å². The summed E-state index contributed by atoms with van der Waals surface area (Å²) in [5, 5.41) is 0.668. The Balaban J connectivity index is 2.46. The number of aromatic nitrogens is 2. The van der Waals surface area contributed by atoms with Gasteiger partial charge in [-0.3, -0.25) is 0 Å². The number of benzene rings is 1. The Morgan fingerprint density at radius 1 is 1.26 bits per heavy atom. The summed E-state index contributed by atoms with van der Waals surface area (Å²) < 4.78 is 0.862. The van der Waals surface area contributed by atoms with E-state index in [0.29, 0.717) is 22.6 Å². The zero-order chi connectivity index (χ0) is 14.0. The van der Waals surface area contributed by atoms with Crippen LogP contribution in [0.1, 0.15) is 19.5 Å². The van der Waals surface area contributed by atoms with Gasteiger partial charge in [0.15, 0.2) is 5.82 Å². The second-order valence-corrected chi connectivity index (χ2v) is 6.12. The van der Waals surface area contributed by atoms with Crippen LogP contribution >= 0.6 is 27.5 Å². The van der Waals surface area contributed by atoms with E-state index in [4.69, 9.17) is 17.3 Å². The molecule has 0 bridgehead atoms. The molecule has 2 aromatic rings. The topological polar surface area (TPSA) is 51.8 Å². The van der Waals surface area contributed by atoms with Crippen molar-refractivity contribution in [3.63, 3.8) is 0 Å². The normalized spacial score (nSPS) is 11.0. The molecular formula is C14H15BrClN3. The van der Waals surface area contributed by atoms with Gasteiger partial charge in [0.1, 0.15) is 5.82 Å². The third kappa shape index (κ3) is 3.67. The Morgan fingerprint density at radius 3 is 2.63 bits per heavy atom. The number of nitrogens with two attached hydrogens (primary N) is 1. The van der Waals surface area contributed by atoms with Crippen molar-refractivity contribution in [1.82, 2.24) is 9.97 Å². The van der Waals surface area contributed by atoms with Crippen molar-refractivity contribution >= 4 is 33.3 Å². The van der Waals surface area contributed by atoms with E-state index < -0.39 is 0 Å². The first-order chi connectivity index (χ1) is 8.95. The lowest BCUT2D eigenvalue weighted by Gasteiger charge is -2.09. The molecule has 5 heteroatoms. The van der Waals surface area contributed by atoms with Crippen LogP contribution < -0.4 is 5.73 Å². The molecule has 0 spiro atoms. The Morgan fingerprint density at radius 2 is 2.00 bits per heavy atom. The fourth-order valence-electron chi connectivity index (χ4n) is 1.83. The molecule has 0 aliphatic carbocycles. The third-order valence-electron chi connectivity index (χ3n) is 2.59. The van der Waals surface area contributed by atoms with E-state index in [-0.39, 0.29) is 0 Å². The van der Waals surface area contributed by atoms with E-state index in [2.05, 4.69) is 39.7 Å². The maximum Gasteiger partial charge on any atom is 0.162 e. The van der Waals surface area contributed by atoms with Gasteiger partial charge in [-0.1, -0.05) is 25.4 Å². The fourth-order valence-corrected chi connectivity index (χ4v) is 2.69. The summed E-state index contributed by atoms with van der Waals surface area (Å²) in [5.41, 5.74) is 7.71. The molecule has 1 heterocycles. The summed E-state index contributed by atoms with van der Waals surface area (Å²) in [4.78, 5) is 8.87. The maximum absolute atomic E-state index is 5.94. The minimum Gasteiger partial charge on any atom is -0.384 e. The predicted octanol–water partition coefficient (Wildman–Crippen LogP) is 4.34. The average Bonchev–Trinajstić information content (AvgIpc) is 2.26. The van der Waals surface area contributed by atoms with Gasteiger partial charge in [0, 0.05) is 26.8 Å². The molecule has 0 saturated carbocycles. The number of nitrogen functional groups attached to an aromatic ring is 1. The van der Waals surface area contributed by atoms with Crippen LogP contribution in [0.15, 0.2) is 28.7 Å². The second kappa shape index (κ2) is 5.88. The van der Waals surface area contributed by atoms with Gasteiger partial charge in [0.05, 0.1) is 0 Å². The molecule has 2 rings (SSSR count). The summed E-state index contributed by atoms with van der Waals surface area (Å²) in [5.74, 6) is 1.64. The number of nitrogens with zero attached hydrogens (tertiary/aromatic N) is 2. The van der Waals surface area contributed by atoms with Crippen molar-refractivity contribution in [3.05, 3.63) is 39.5 Å². The lowest BCUT2D eigenvalue weighted by Crippen LogP contribution is -2.03. The maximum atomic E-state index is 5.94. The van der Waals surface area contributed by atoms with Crippen LogP contribution in [0.25, 0.3) is 11.4 Å². The molecule has 0 radical (unpaired) electrons. The van der Waals surface area contributed by atoms with Crippen LogP contribution in [-0.2, 0) is 6.42 Å². The van der Waals surface area contributed by atoms with Gasteiger partial charge >= 0.3 is 0 Å². The second-order valence-electron chi connectivity index (χ2n) is 4.83. The number of hydrogen-bond donors (Lipinski definition) is 1. The molecule has 0 aliphatic rings. The summed E-state index contributed by atoms with van der Waals surface area (Å²) in [7, 11) is 0. The van der Waals surface area contributed by atoms with Crippen LogP contribution in [0.2, 0.25) is 5.02 Å². The van der Waals surface area contributed by atoms with Gasteiger partial charge < -0.3 is 5.73 Å². The summed E-state index contributed by atoms with van der Waals surface area (Å²) in [6.45, 7) is 4.30. The van der Waals surface area contributed by atoms with Crippen LogP contribution in [0.5, 0.6) is 0 Å². The molecule has 100 valence electrons. The molecule has 0 aliphatic heterocycles. The highest BCUT2D eigenvalue weighted by atomic mass is 79.9. The van der Waals surface area contributed by atoms with Crippen molar-refractivity contribution in [2.24, 2.45) is 5.92 Å². The Kier molecular flexibility index (Phi) is 4.42. The van der Waals surface area contributed by atoms with E-state index in [1.807, 2.05) is 24.3 Å². The van der Waals surface area contributed by atoms with E-state index in [9.17, 15) is 0 Å². The van der Waals surface area contributed by atoms with Crippen LogP contribution in [0, 0.1) is 5.92 Å². The van der Waals surface area contributed by atoms with Gasteiger partial charge in [0.2, 0.25) is 0 Å². The summed E-state index contributed by atoms with van der Waals surface area (Å²) in [6.07, 6.45) is 0.880. The third-order valence-corrected chi connectivity index (χ3v) is 3.48. The first-order valence-electron chi connectivity index (χ1n) is 6.04. The van der Waals surface area contributed by atoms with Crippen LogP contribution in [0.4, 0.5) is 5.82 Å². The molecule has 0 unspecified atom stereocenters. The highest BCUT2D eigenvalue weighted by Crippen LogP contribution is 2.29. The number of rotatable bonds is 3. The molecule has 1 aromatic carbocycles. The Bertz CT molecular complexity index is 599. The van der Waals surface area contributed by atoms with E-state index in [0.717, 1.165) is 22.2 Å². The first-order valence-corrected chi connectivity index (χ1v) is 7.21. The van der Waals surface area contributed by atoms with Crippen LogP contribution in [0.3, 0.4) is 0 Å². The minimum absolute atomic E-state index is 0.488. The van der Waals surface area contributed by atoms with E-state index in [1.54, 1.807) is 0 Å². The number of halogens is 2. The fraction of sp³-hybridized carbons (Fsp3) is 0.286. The number of anilines is 1. The lowest BCUT2D eigenvalue weighted by atomic mass is 10.1. The summed E-state index contributed by atoms with van der Waals surface area (Å²) in [6, 6.07) is 7.36. The molecule has 19 heavy (non-hydrogen) atoms. The smallest absolute Gasteiger partial charge is 0.162 e. The number of hydrogen-bond acceptors (Lipinski definition) is 3. The monoisotopic (exact) mass is 339 g/mol. The van der Waals surface area contributed by atoms with Gasteiger partial charge in [0.25, 0.3) is 0 Å². The highest BCUT2D eigenvalue weighted by molar-refractivity contribution is 9.10. The summed E-state index contributed by atoms with van der Waals surface area (Å²) >= 11 is 9.42. The standard InChI is InChI=1S/C14H15BrClN3/c1-8(2)5-10-7-13(17)19-14(18-10)11-4-3-9(16)6-12(11)15/h3-4,6-8H,5H2,1-2H3,(H2,17,18,19). The van der Waals surface area contributed by atoms with Crippen molar-refractivity contribution in [1.29, 1.82) is 0 Å². The van der Waals surface area contributed by atoms with Crippen molar-refractivity contribution in [2.75, 3.05) is 5.73 Å². The van der Waals surface area contributed by atoms with Crippen molar-refractivity contribution < 1.29 is 0 Å². The molecule has 1 aromatic heterocycles. The van der Waals surface area contributed by atoms with Gasteiger partial charge in [-0.05, 0) is 46.5 Å². The molecule has 3 nitrogen and oxygen atoms in total. The van der Waals surface area contributed by atoms with Crippen molar-refractivity contribution in [3.8, 4) is 11.4 Å². The van der Waals surface area contributed by atoms with Crippen molar-refractivity contribution in [2.45, 2.75) is 20.3 Å². The van der Waals surface area contributed by atoms with E-state index in [1.165, 1.54) is 0 Å². The lowest BCUT2D eigenvalue weighted by molar-refractivity contribution is 0.635. The van der Waals surface area contributed by atoms with Gasteiger partial charge in [-0.2, -0.15) is 0 Å². The highest BCUT2D eigenvalue weighted by Gasteiger charge is 2.10. The molecule has 0 fully saturated rings. The average molecular weight is 341 g/mol. The molecule has 2 N–H and O–H groups in total. The SMILES string of the molecule is CC(C)Cc1cc(N)nc(-c2ccc(Cl)cc2Br)n1. The molecule has 0 amide bonds. The zero-order valence-corrected chi connectivity index (χ0v) is 13.2. The Labute approximate surface area is 126 Å². The van der Waals surface area contributed by atoms with Gasteiger partial charge in [-0.15, -0.1) is 0 Å². The first kappa shape index (κ1) is 14.3. The predicted molar refractivity (Wildman–Crippen MR) is 83.1 cm³/mol. The van der Waals surface area contributed by atoms with Crippen LogP contribution in [-0.4, -0.2) is 9.97 Å². The molecule has 0 saturated heterocycles. The molecular weight excluding hydrogens is 326 g/mol. The zero-order valence-electron chi connectivity index (χ0n) is 10.8. The minimum atomic E-state index is 0.488. The Hall–Kier alpha value is -1.13. The van der Waals surface area contributed by atoms with Gasteiger partial charge in [-0.25, -0.2) is 9.97 Å².